The van der Waals surface area contributed by atoms with Crippen LogP contribution in [0.25, 0.3) is 11.0 Å². The number of halogens is 3. The molecule has 0 spiro atoms. The predicted molar refractivity (Wildman–Crippen MR) is 70.0 cm³/mol. The molecule has 0 unspecified atom stereocenters. The van der Waals surface area contributed by atoms with E-state index < -0.39 is 16.7 Å². The minimum absolute atomic E-state index is 0.000835. The van der Waals surface area contributed by atoms with Crippen LogP contribution in [0, 0.1) is 10.1 Å². The number of hydrogen-bond donors (Lipinski definition) is 0. The lowest BCUT2D eigenvalue weighted by Crippen LogP contribution is -2.04. The van der Waals surface area contributed by atoms with Gasteiger partial charge in [-0.3, -0.25) is 10.1 Å². The van der Waals surface area contributed by atoms with Gasteiger partial charge in [-0.15, -0.1) is 0 Å². The van der Waals surface area contributed by atoms with Crippen LogP contribution in [-0.4, -0.2) is 15.2 Å². The molecule has 0 aliphatic rings. The van der Waals surface area contributed by atoms with Crippen molar-refractivity contribution in [1.82, 2.24) is 10.3 Å². The zero-order valence-corrected chi connectivity index (χ0v) is 11.1. The lowest BCUT2D eigenvalue weighted by molar-refractivity contribution is -0.383. The summed E-state index contributed by atoms with van der Waals surface area (Å²) in [5, 5.41) is 17.8. The molecular formula is C13H6F3N3O4. The molecule has 118 valence electrons. The van der Waals surface area contributed by atoms with Crippen LogP contribution in [0.5, 0.6) is 11.5 Å². The summed E-state index contributed by atoms with van der Waals surface area (Å²) < 4.78 is 47.4. The van der Waals surface area contributed by atoms with Crippen LogP contribution in [0.4, 0.5) is 18.9 Å². The van der Waals surface area contributed by atoms with Crippen LogP contribution in [0.1, 0.15) is 5.56 Å². The summed E-state index contributed by atoms with van der Waals surface area (Å²) in [6, 6.07) is 6.39. The van der Waals surface area contributed by atoms with Crippen LogP contribution in [0.2, 0.25) is 0 Å². The highest BCUT2D eigenvalue weighted by Gasteiger charge is 2.30. The second kappa shape index (κ2) is 5.23. The number of nitro groups is 1. The van der Waals surface area contributed by atoms with E-state index in [4.69, 9.17) is 4.74 Å². The molecule has 10 heteroatoms. The summed E-state index contributed by atoms with van der Waals surface area (Å²) in [5.74, 6) is 0.183. The maximum absolute atomic E-state index is 12.5. The molecule has 3 aromatic rings. The predicted octanol–water partition coefficient (Wildman–Crippen LogP) is 3.94. The molecule has 0 N–H and O–H groups in total. The lowest BCUT2D eigenvalue weighted by atomic mass is 10.2. The molecule has 23 heavy (non-hydrogen) atoms. The van der Waals surface area contributed by atoms with Gasteiger partial charge >= 0.3 is 11.9 Å². The van der Waals surface area contributed by atoms with Crippen molar-refractivity contribution in [2.45, 2.75) is 6.18 Å². The van der Waals surface area contributed by atoms with Gasteiger partial charge in [0.15, 0.2) is 11.3 Å². The molecule has 0 bridgehead atoms. The second-order valence-corrected chi connectivity index (χ2v) is 4.43. The summed E-state index contributed by atoms with van der Waals surface area (Å²) in [5.41, 5.74) is -1.25. The molecule has 0 saturated carbocycles. The fourth-order valence-electron chi connectivity index (χ4n) is 1.90. The molecule has 0 aliphatic heterocycles. The molecule has 7 nitrogen and oxygen atoms in total. The van der Waals surface area contributed by atoms with Gasteiger partial charge in [0.25, 0.3) is 0 Å². The third-order valence-electron chi connectivity index (χ3n) is 2.96. The number of alkyl halides is 3. The van der Waals surface area contributed by atoms with Crippen molar-refractivity contribution in [3.05, 3.63) is 52.1 Å². The van der Waals surface area contributed by atoms with Crippen molar-refractivity contribution in [1.29, 1.82) is 0 Å². The maximum Gasteiger partial charge on any atom is 0.416 e. The van der Waals surface area contributed by atoms with E-state index in [9.17, 15) is 23.3 Å². The molecule has 0 radical (unpaired) electrons. The Labute approximate surface area is 125 Å². The quantitative estimate of drug-likeness (QED) is 0.535. The highest BCUT2D eigenvalue weighted by atomic mass is 19.4. The number of non-ortho nitro benzene ring substituents is 1. The lowest BCUT2D eigenvalue weighted by Gasteiger charge is -2.08. The molecule has 0 aliphatic carbocycles. The number of fused-ring (bicyclic) bond motifs is 1. The molecule has 1 heterocycles. The smallest absolute Gasteiger partial charge is 0.416 e. The zero-order valence-electron chi connectivity index (χ0n) is 11.1. The highest BCUT2D eigenvalue weighted by Crippen LogP contribution is 2.35. The van der Waals surface area contributed by atoms with E-state index in [1.165, 1.54) is 6.07 Å². The minimum atomic E-state index is -4.45. The Balaban J connectivity index is 1.95. The van der Waals surface area contributed by atoms with Crippen molar-refractivity contribution in [2.24, 2.45) is 0 Å². The van der Waals surface area contributed by atoms with Crippen LogP contribution in [0.15, 0.2) is 41.0 Å². The number of rotatable bonds is 3. The summed E-state index contributed by atoms with van der Waals surface area (Å²) in [6.07, 6.45) is -4.45. The van der Waals surface area contributed by atoms with Gasteiger partial charge in [-0.1, -0.05) is 0 Å². The Kier molecular flexibility index (Phi) is 3.36. The van der Waals surface area contributed by atoms with Gasteiger partial charge in [-0.25, -0.2) is 4.63 Å². The van der Waals surface area contributed by atoms with Gasteiger partial charge in [-0.05, 0) is 40.6 Å². The Morgan fingerprint density at radius 3 is 2.30 bits per heavy atom. The summed E-state index contributed by atoms with van der Waals surface area (Å²) >= 11 is 0. The molecule has 1 aromatic heterocycles. The third-order valence-corrected chi connectivity index (χ3v) is 2.96. The van der Waals surface area contributed by atoms with Gasteiger partial charge in [0.05, 0.1) is 10.5 Å². The fourth-order valence-corrected chi connectivity index (χ4v) is 1.90. The molecule has 3 rings (SSSR count). The number of benzene rings is 2. The maximum atomic E-state index is 12.5. The van der Waals surface area contributed by atoms with E-state index >= 15 is 0 Å². The van der Waals surface area contributed by atoms with Crippen molar-refractivity contribution >= 4 is 16.7 Å². The number of nitro benzene ring substituents is 1. The molecule has 2 aromatic carbocycles. The van der Waals surface area contributed by atoms with Crippen molar-refractivity contribution < 1.29 is 27.5 Å². The molecule has 0 amide bonds. The van der Waals surface area contributed by atoms with Gasteiger partial charge < -0.3 is 4.74 Å². The van der Waals surface area contributed by atoms with Gasteiger partial charge in [0.1, 0.15) is 5.75 Å². The van der Waals surface area contributed by atoms with Crippen molar-refractivity contribution in [3.63, 3.8) is 0 Å². The summed E-state index contributed by atoms with van der Waals surface area (Å²) in [7, 11) is 0. The van der Waals surface area contributed by atoms with Gasteiger partial charge in [0.2, 0.25) is 5.52 Å². The average molecular weight is 325 g/mol. The third kappa shape index (κ3) is 2.78. The number of hydrogen-bond acceptors (Lipinski definition) is 6. The van der Waals surface area contributed by atoms with E-state index in [1.54, 1.807) is 0 Å². The Morgan fingerprint density at radius 1 is 1.04 bits per heavy atom. The number of nitrogens with zero attached hydrogens (tertiary/aromatic N) is 3. The van der Waals surface area contributed by atoms with Crippen LogP contribution in [-0.2, 0) is 6.18 Å². The van der Waals surface area contributed by atoms with Crippen LogP contribution < -0.4 is 4.74 Å². The van der Waals surface area contributed by atoms with E-state index in [-0.39, 0.29) is 28.2 Å². The van der Waals surface area contributed by atoms with E-state index in [2.05, 4.69) is 14.9 Å². The molecule has 0 fully saturated rings. The van der Waals surface area contributed by atoms with Crippen LogP contribution >= 0.6 is 0 Å². The first kappa shape index (κ1) is 14.8. The summed E-state index contributed by atoms with van der Waals surface area (Å²) in [6.45, 7) is 0. The van der Waals surface area contributed by atoms with Gasteiger partial charge in [0, 0.05) is 6.07 Å². The largest absolute Gasteiger partial charge is 0.455 e. The number of aromatic nitrogens is 2. The molecule has 0 saturated heterocycles. The SMILES string of the molecule is O=[N+]([O-])c1ccc(Oc2ccc(C(F)(F)F)cc2)c2nonc12. The monoisotopic (exact) mass is 325 g/mol. The van der Waals surface area contributed by atoms with Crippen molar-refractivity contribution in [2.75, 3.05) is 0 Å². The Hall–Kier alpha value is -3.17. The zero-order chi connectivity index (χ0) is 16.6. The second-order valence-electron chi connectivity index (χ2n) is 4.43. The first-order valence-electron chi connectivity index (χ1n) is 6.11. The standard InChI is InChI=1S/C13H6F3N3O4/c14-13(15,16)7-1-3-8(4-2-7)22-10-6-5-9(19(20)21)11-12(10)18-23-17-11/h1-6H. The Morgan fingerprint density at radius 2 is 1.70 bits per heavy atom. The van der Waals surface area contributed by atoms with E-state index in [0.29, 0.717) is 0 Å². The number of ether oxygens (including phenoxy) is 1. The minimum Gasteiger partial charge on any atom is -0.455 e. The molecular weight excluding hydrogens is 319 g/mol. The highest BCUT2D eigenvalue weighted by molar-refractivity contribution is 5.88. The first-order chi connectivity index (χ1) is 10.9. The van der Waals surface area contributed by atoms with E-state index in [1.807, 2.05) is 0 Å². The van der Waals surface area contributed by atoms with E-state index in [0.717, 1.165) is 30.3 Å². The first-order valence-corrected chi connectivity index (χ1v) is 6.11. The van der Waals surface area contributed by atoms with Crippen LogP contribution in [0.3, 0.4) is 0 Å². The van der Waals surface area contributed by atoms with Gasteiger partial charge in [-0.2, -0.15) is 13.2 Å². The Bertz CT molecular complexity index is 874. The topological polar surface area (TPSA) is 91.3 Å². The molecule has 0 atom stereocenters. The van der Waals surface area contributed by atoms with Crippen molar-refractivity contribution in [3.8, 4) is 11.5 Å². The fraction of sp³-hybridized carbons (Fsp3) is 0.0769. The summed E-state index contributed by atoms with van der Waals surface area (Å²) in [4.78, 5) is 10.2. The normalized spacial score (nSPS) is 11.6. The average Bonchev–Trinajstić information content (AvgIpc) is 2.96.